The molecule has 1 N–H and O–H groups in total. The van der Waals surface area contributed by atoms with Gasteiger partial charge in [0.25, 0.3) is 0 Å². The van der Waals surface area contributed by atoms with Gasteiger partial charge in [-0.3, -0.25) is 0 Å². The van der Waals surface area contributed by atoms with Gasteiger partial charge in [0.15, 0.2) is 0 Å². The molecule has 0 atom stereocenters. The molecule has 0 saturated carbocycles. The number of carbonyl (C=O) groups excluding carboxylic acids is 1. The van der Waals surface area contributed by atoms with Crippen molar-refractivity contribution in [3.05, 3.63) is 0 Å². The van der Waals surface area contributed by atoms with Crippen LogP contribution in [0.1, 0.15) is 45.4 Å². The van der Waals surface area contributed by atoms with E-state index in [4.69, 9.17) is 0 Å². The van der Waals surface area contributed by atoms with Crippen molar-refractivity contribution in [3.8, 4) is 0 Å². The Labute approximate surface area is 95.8 Å². The molecule has 0 heterocycles. The Balaban J connectivity index is 0. The van der Waals surface area contributed by atoms with Crippen molar-refractivity contribution < 1.29 is 32.3 Å². The molecule has 0 aromatic rings. The molecule has 0 aliphatic carbocycles. The first-order valence-electron chi connectivity index (χ1n) is 4.72. The third-order valence-electron chi connectivity index (χ3n) is 1.80. The summed E-state index contributed by atoms with van der Waals surface area (Å²) in [7, 11) is 0. The Morgan fingerprint density at radius 2 is 1.69 bits per heavy atom. The molecule has 0 unspecified atom stereocenters. The number of amides is 1. The number of hydrogen-bond donors (Lipinski definition) is 1. The summed E-state index contributed by atoms with van der Waals surface area (Å²) in [4.78, 5) is 9.91. The van der Waals surface area contributed by atoms with E-state index >= 15 is 0 Å². The minimum absolute atomic E-state index is 0. The summed E-state index contributed by atoms with van der Waals surface area (Å²) < 4.78 is 0. The fourth-order valence-electron chi connectivity index (χ4n) is 1.10. The average Bonchev–Trinajstić information content (AvgIpc) is 2.02. The van der Waals surface area contributed by atoms with E-state index in [1.165, 1.54) is 25.7 Å². The monoisotopic (exact) mass is 279 g/mol. The van der Waals surface area contributed by atoms with Gasteiger partial charge in [0.2, 0.25) is 0 Å². The number of carbonyl (C=O) groups is 1. The topological polar surface area (TPSA) is 52.2 Å². The molecule has 0 aliphatic heterocycles. The van der Waals surface area contributed by atoms with Crippen LogP contribution >= 0.6 is 0 Å². The first-order valence-corrected chi connectivity index (χ1v) is 4.72. The van der Waals surface area contributed by atoms with E-state index in [1.54, 1.807) is 0 Å². The first kappa shape index (κ1) is 15.5. The Morgan fingerprint density at radius 3 is 2.23 bits per heavy atom. The van der Waals surface area contributed by atoms with Crippen LogP contribution in [0.3, 0.4) is 0 Å². The van der Waals surface area contributed by atoms with Crippen LogP contribution in [0.5, 0.6) is 0 Å². The van der Waals surface area contributed by atoms with Crippen molar-refractivity contribution in [1.29, 1.82) is 0 Å². The molecular weight excluding hydrogens is 262 g/mol. The molecule has 0 rings (SSSR count). The zero-order valence-corrected chi connectivity index (χ0v) is 9.55. The van der Waals surface area contributed by atoms with Crippen LogP contribution in [0.4, 0.5) is 4.79 Å². The van der Waals surface area contributed by atoms with Gasteiger partial charge < -0.3 is 15.2 Å². The molecule has 0 aliphatic rings. The summed E-state index contributed by atoms with van der Waals surface area (Å²) >= 11 is 0. The van der Waals surface area contributed by atoms with Crippen LogP contribution in [0, 0.1) is 0 Å². The van der Waals surface area contributed by atoms with Crippen molar-refractivity contribution in [2.24, 2.45) is 0 Å². The van der Waals surface area contributed by atoms with Crippen molar-refractivity contribution in [1.82, 2.24) is 5.32 Å². The summed E-state index contributed by atoms with van der Waals surface area (Å²) in [5.74, 6) is 0. The number of nitrogens with one attached hydrogen (secondary N) is 1. The molecular formula is C9H18AgNO2. The second kappa shape index (κ2) is 12.0. The Morgan fingerprint density at radius 1 is 1.15 bits per heavy atom. The van der Waals surface area contributed by atoms with E-state index in [-0.39, 0.29) is 22.4 Å². The molecule has 0 aromatic carbocycles. The van der Waals surface area contributed by atoms with Gasteiger partial charge in [0.1, 0.15) is 6.09 Å². The van der Waals surface area contributed by atoms with Gasteiger partial charge in [-0.05, 0) is 6.42 Å². The van der Waals surface area contributed by atoms with Crippen LogP contribution in [-0.4, -0.2) is 12.6 Å². The molecule has 0 radical (unpaired) electrons. The minimum Gasteiger partial charge on any atom is -0.530 e. The van der Waals surface area contributed by atoms with Gasteiger partial charge in [0, 0.05) is 6.54 Å². The van der Waals surface area contributed by atoms with Crippen molar-refractivity contribution in [2.45, 2.75) is 45.4 Å². The molecule has 13 heavy (non-hydrogen) atoms. The normalized spacial score (nSPS) is 9.00. The Hall–Kier alpha value is 0.0103. The van der Waals surface area contributed by atoms with Crippen LogP contribution in [0.15, 0.2) is 0 Å². The molecule has 4 heteroatoms. The number of unbranched alkanes of at least 4 members (excludes halogenated alkanes) is 5. The van der Waals surface area contributed by atoms with E-state index in [0.29, 0.717) is 6.54 Å². The number of rotatable bonds is 7. The quantitative estimate of drug-likeness (QED) is 0.564. The summed E-state index contributed by atoms with van der Waals surface area (Å²) in [6, 6.07) is 0. The summed E-state index contributed by atoms with van der Waals surface area (Å²) in [5.41, 5.74) is 0. The minimum atomic E-state index is -1.16. The van der Waals surface area contributed by atoms with Crippen LogP contribution in [0.25, 0.3) is 0 Å². The molecule has 1 amide bonds. The fourth-order valence-corrected chi connectivity index (χ4v) is 1.10. The van der Waals surface area contributed by atoms with Crippen molar-refractivity contribution >= 4 is 6.09 Å². The molecule has 0 fully saturated rings. The zero-order valence-electron chi connectivity index (χ0n) is 8.07. The molecule has 0 spiro atoms. The number of carboxylic acid groups (broad SMARTS) is 1. The van der Waals surface area contributed by atoms with Gasteiger partial charge >= 0.3 is 22.4 Å². The van der Waals surface area contributed by atoms with E-state index in [9.17, 15) is 9.90 Å². The average molecular weight is 280 g/mol. The third-order valence-corrected chi connectivity index (χ3v) is 1.80. The Kier molecular flexibility index (Phi) is 14.3. The van der Waals surface area contributed by atoms with Gasteiger partial charge in [0.05, 0.1) is 0 Å². The Bertz CT molecular complexity index is 120. The van der Waals surface area contributed by atoms with Crippen molar-refractivity contribution in [3.63, 3.8) is 0 Å². The predicted octanol–water partition coefficient (Wildman–Crippen LogP) is 1.28. The molecule has 0 aromatic heterocycles. The van der Waals surface area contributed by atoms with Crippen LogP contribution in [0.2, 0.25) is 0 Å². The van der Waals surface area contributed by atoms with Crippen LogP contribution in [-0.2, 0) is 22.4 Å². The maximum absolute atomic E-state index is 9.91. The standard InChI is InChI=1S/C9H19NO2.Ag/c1-2-3-4-5-6-7-8-10-9(11)12;/h10H,2-8H2,1H3,(H,11,12);/q;+1/p-1. The second-order valence-electron chi connectivity index (χ2n) is 2.98. The summed E-state index contributed by atoms with van der Waals surface area (Å²) in [6.45, 7) is 2.71. The van der Waals surface area contributed by atoms with E-state index < -0.39 is 6.09 Å². The fraction of sp³-hybridized carbons (Fsp3) is 0.889. The summed E-state index contributed by atoms with van der Waals surface area (Å²) in [6.07, 6.45) is 5.89. The molecule has 0 saturated heterocycles. The maximum Gasteiger partial charge on any atom is 1.00 e. The molecule has 82 valence electrons. The van der Waals surface area contributed by atoms with E-state index in [2.05, 4.69) is 12.2 Å². The van der Waals surface area contributed by atoms with Gasteiger partial charge in [-0.1, -0.05) is 39.0 Å². The molecule has 0 bridgehead atoms. The first-order chi connectivity index (χ1) is 5.77. The largest absolute Gasteiger partial charge is 1.00 e. The van der Waals surface area contributed by atoms with Gasteiger partial charge in [-0.15, -0.1) is 0 Å². The molecule has 3 nitrogen and oxygen atoms in total. The number of hydrogen-bond acceptors (Lipinski definition) is 2. The van der Waals surface area contributed by atoms with E-state index in [1.807, 2.05) is 0 Å². The predicted molar refractivity (Wildman–Crippen MR) is 46.8 cm³/mol. The third kappa shape index (κ3) is 14.8. The second-order valence-corrected chi connectivity index (χ2v) is 2.98. The zero-order chi connectivity index (χ0) is 9.23. The van der Waals surface area contributed by atoms with Crippen molar-refractivity contribution in [2.75, 3.05) is 6.54 Å². The summed E-state index contributed by atoms with van der Waals surface area (Å²) in [5, 5.41) is 12.2. The van der Waals surface area contributed by atoms with Gasteiger partial charge in [-0.25, -0.2) is 0 Å². The smallest absolute Gasteiger partial charge is 0.530 e. The SMILES string of the molecule is CCCCCCCCNC(=O)[O-].[Ag+]. The van der Waals surface area contributed by atoms with Crippen LogP contribution < -0.4 is 10.4 Å². The van der Waals surface area contributed by atoms with Gasteiger partial charge in [-0.2, -0.15) is 0 Å². The maximum atomic E-state index is 9.91. The van der Waals surface area contributed by atoms with E-state index in [0.717, 1.165) is 12.8 Å².